The Hall–Kier alpha value is 0.885. The summed E-state index contributed by atoms with van der Waals surface area (Å²) < 4.78 is 0. The van der Waals surface area contributed by atoms with Gasteiger partial charge in [-0.05, 0) is 0 Å². The van der Waals surface area contributed by atoms with Crippen molar-refractivity contribution in [2.75, 3.05) is 0 Å². The van der Waals surface area contributed by atoms with Gasteiger partial charge in [0, 0.05) is 38.0 Å². The number of rotatable bonds is 3. The van der Waals surface area contributed by atoms with Gasteiger partial charge in [-0.15, -0.1) is 0 Å². The first-order chi connectivity index (χ1) is 3.66. The minimum Gasteiger partial charge on any atom is -0.222 e. The maximum atomic E-state index is 5.35. The van der Waals surface area contributed by atoms with Crippen LogP contribution < -0.4 is 0 Å². The van der Waals surface area contributed by atoms with Gasteiger partial charge in [0.05, 0.1) is 12.4 Å². The van der Waals surface area contributed by atoms with Crippen LogP contribution in [0.4, 0.5) is 0 Å². The van der Waals surface area contributed by atoms with Crippen LogP contribution in [0.3, 0.4) is 0 Å². The van der Waals surface area contributed by atoms with Crippen LogP contribution in [0.5, 0.6) is 0 Å². The van der Waals surface area contributed by atoms with Gasteiger partial charge < -0.3 is 0 Å². The van der Waals surface area contributed by atoms with Gasteiger partial charge in [-0.3, -0.25) is 0 Å². The van der Waals surface area contributed by atoms with E-state index >= 15 is 0 Å². The van der Waals surface area contributed by atoms with E-state index in [4.69, 9.17) is 30.9 Å². The van der Waals surface area contributed by atoms with Crippen molar-refractivity contribution >= 4 is 58.8 Å². The molecule has 9 radical (unpaired) electrons. The molecule has 0 aromatic heterocycles. The minimum absolute atomic E-state index is 0.144. The molecule has 0 aromatic rings. The average molecular weight is 108 g/mol. The largest absolute Gasteiger partial charge is 0.222 e. The van der Waals surface area contributed by atoms with Crippen LogP contribution in [0.15, 0.2) is 0 Å². The summed E-state index contributed by atoms with van der Waals surface area (Å²) in [4.78, 5) is 0. The fourth-order valence-corrected chi connectivity index (χ4v) is 0.833. The van der Waals surface area contributed by atoms with Crippen LogP contribution in [0.2, 0.25) is 0 Å². The number of hydrogen-bond donors (Lipinski definition) is 0. The van der Waals surface area contributed by atoms with Crippen molar-refractivity contribution in [2.24, 2.45) is 0 Å². The molecule has 0 heterocycles. The lowest BCUT2D eigenvalue weighted by Crippen LogP contribution is -2.23. The van der Waals surface area contributed by atoms with E-state index in [0.717, 1.165) is 0 Å². The molecule has 0 aromatic carbocycles. The quantitative estimate of drug-likeness (QED) is 0.287. The van der Waals surface area contributed by atoms with E-state index in [-0.39, 0.29) is 12.4 Å². The molecule has 8 heteroatoms. The van der Waals surface area contributed by atoms with Crippen molar-refractivity contribution in [3.63, 3.8) is 0 Å². The van der Waals surface area contributed by atoms with E-state index in [1.165, 1.54) is 7.06 Å². The highest BCUT2D eigenvalue weighted by molar-refractivity contribution is 8.19. The molecule has 0 saturated heterocycles. The molecule has 0 aliphatic rings. The molecule has 0 amide bonds. The summed E-state index contributed by atoms with van der Waals surface area (Å²) in [6.45, 7) is 0. The van der Waals surface area contributed by atoms with Gasteiger partial charge in [0.25, 0.3) is 0 Å². The average Bonchev–Trinajstić information content (AvgIpc) is 1.65. The Labute approximate surface area is 59.4 Å². The molecule has 27 valence electrons. The smallest absolute Gasteiger partial charge is 0.0602 e. The van der Waals surface area contributed by atoms with E-state index in [0.29, 0.717) is 8.34 Å². The molecular weight excluding hydrogens is 107 g/mol. The normalized spacial score (nSPS) is 9.50. The maximum absolute atomic E-state index is 5.35. The monoisotopic (exact) mass is 109 g/mol. The lowest BCUT2D eigenvalue weighted by Gasteiger charge is -2.06. The molecule has 0 spiro atoms. The summed E-state index contributed by atoms with van der Waals surface area (Å²) in [6.07, 6.45) is -0.472. The highest BCUT2D eigenvalue weighted by Gasteiger charge is 2.03. The van der Waals surface area contributed by atoms with Crippen molar-refractivity contribution < 1.29 is 0 Å². The maximum Gasteiger partial charge on any atom is 0.0602 e. The number of hydrogen-bond acceptors (Lipinski definition) is 0. The van der Waals surface area contributed by atoms with E-state index in [1.807, 2.05) is 0 Å². The van der Waals surface area contributed by atoms with Crippen LogP contribution >= 0.6 is 8.34 Å². The molecule has 8 heavy (non-hydrogen) atoms. The summed E-state index contributed by atoms with van der Waals surface area (Å²) in [5.41, 5.74) is 0. The highest BCUT2D eigenvalue weighted by Crippen LogP contribution is 2.10. The lowest BCUT2D eigenvalue weighted by atomic mass is 9.18. The second kappa shape index (κ2) is 4.73. The molecule has 0 saturated carbocycles. The Morgan fingerprint density at radius 1 is 1.25 bits per heavy atom. The Bertz CT molecular complexity index is 50.3. The molecule has 0 rings (SSSR count). The summed E-state index contributed by atoms with van der Waals surface area (Å²) in [5, 5.41) is 0. The SMILES string of the molecule is [B][B]B([B])PB([B])[B]. The first-order valence-electron chi connectivity index (χ1n) is 2.24. The van der Waals surface area contributed by atoms with E-state index < -0.39 is 0 Å². The molecule has 0 nitrogen and oxygen atoms in total. The molecule has 0 fully saturated rings. The lowest BCUT2D eigenvalue weighted by molar-refractivity contribution is 3.89. The summed E-state index contributed by atoms with van der Waals surface area (Å²) in [5.74, 6) is 0. The van der Waals surface area contributed by atoms with E-state index in [9.17, 15) is 0 Å². The zero-order chi connectivity index (χ0) is 6.57. The van der Waals surface area contributed by atoms with Crippen molar-refractivity contribution in [2.45, 2.75) is 0 Å². The molecule has 0 bridgehead atoms. The summed E-state index contributed by atoms with van der Waals surface area (Å²) in [7, 11) is 22.5. The van der Waals surface area contributed by atoms with Gasteiger partial charge in [-0.1, -0.05) is 0 Å². The third-order valence-corrected chi connectivity index (χ3v) is 1.55. The summed E-state index contributed by atoms with van der Waals surface area (Å²) in [6, 6.07) is 0. The molecule has 0 N–H and O–H groups in total. The first kappa shape index (κ1) is 8.88. The Balaban J connectivity index is 3.10. The third kappa shape index (κ3) is 5.03. The van der Waals surface area contributed by atoms with Crippen LogP contribution in [0, 0.1) is 0 Å². The van der Waals surface area contributed by atoms with Gasteiger partial charge in [0.2, 0.25) is 0 Å². The molecular formula is HB7P. The van der Waals surface area contributed by atoms with Gasteiger partial charge >= 0.3 is 0 Å². The Morgan fingerprint density at radius 2 is 1.75 bits per heavy atom. The minimum atomic E-state index is -0.329. The van der Waals surface area contributed by atoms with Crippen molar-refractivity contribution in [1.29, 1.82) is 0 Å². The fourth-order valence-electron chi connectivity index (χ4n) is 0.278. The molecule has 0 aliphatic carbocycles. The van der Waals surface area contributed by atoms with Crippen LogP contribution in [-0.2, 0) is 0 Å². The van der Waals surface area contributed by atoms with Gasteiger partial charge in [-0.25, -0.2) is 8.34 Å². The van der Waals surface area contributed by atoms with Gasteiger partial charge in [-0.2, -0.15) is 0 Å². The zero-order valence-electron chi connectivity index (χ0n) is 4.54. The Kier molecular flexibility index (Phi) is 5.26. The van der Waals surface area contributed by atoms with Crippen LogP contribution in [0.25, 0.3) is 0 Å². The van der Waals surface area contributed by atoms with E-state index in [2.05, 4.69) is 0 Å². The van der Waals surface area contributed by atoms with Gasteiger partial charge in [0.15, 0.2) is 0 Å². The van der Waals surface area contributed by atoms with Gasteiger partial charge in [0.1, 0.15) is 0 Å². The third-order valence-electron chi connectivity index (χ3n) is 0.592. The topological polar surface area (TPSA) is 0 Å². The fraction of sp³-hybridized carbons (Fsp3) is 0. The second-order valence-corrected chi connectivity index (χ2v) is 3.08. The predicted molar refractivity (Wildman–Crippen MR) is 48.6 cm³/mol. The molecule has 1 atom stereocenters. The van der Waals surface area contributed by atoms with E-state index in [1.54, 1.807) is 0 Å². The molecule has 1 unspecified atom stereocenters. The molecule has 0 aliphatic heterocycles. The second-order valence-electron chi connectivity index (χ2n) is 1.41. The Morgan fingerprint density at radius 3 is 1.88 bits per heavy atom. The predicted octanol–water partition coefficient (Wildman–Crippen LogP) is -2.07. The van der Waals surface area contributed by atoms with Crippen molar-refractivity contribution in [3.8, 4) is 0 Å². The standard InChI is InChI=1S/B7HP/c1-5-7(4)8-6(2)3/h8H. The van der Waals surface area contributed by atoms with Crippen molar-refractivity contribution in [1.82, 2.24) is 0 Å². The van der Waals surface area contributed by atoms with Crippen LogP contribution in [0.1, 0.15) is 0 Å². The highest BCUT2D eigenvalue weighted by atomic mass is 31.1. The van der Waals surface area contributed by atoms with Crippen LogP contribution in [-0.4, -0.2) is 50.4 Å². The first-order valence-corrected chi connectivity index (χ1v) is 3.40. The van der Waals surface area contributed by atoms with Crippen molar-refractivity contribution in [3.05, 3.63) is 0 Å². The summed E-state index contributed by atoms with van der Waals surface area (Å²) >= 11 is 0. The zero-order valence-corrected chi connectivity index (χ0v) is 5.54.